The van der Waals surface area contributed by atoms with E-state index in [-0.39, 0.29) is 5.75 Å². The Morgan fingerprint density at radius 3 is 2.45 bits per heavy atom. The summed E-state index contributed by atoms with van der Waals surface area (Å²) in [6.07, 6.45) is 11.1. The van der Waals surface area contributed by atoms with E-state index in [4.69, 9.17) is 4.74 Å². The van der Waals surface area contributed by atoms with E-state index in [1.54, 1.807) is 19.1 Å². The van der Waals surface area contributed by atoms with Crippen LogP contribution >= 0.6 is 0 Å². The second-order valence-corrected chi connectivity index (χ2v) is 6.14. The highest BCUT2D eigenvalue weighted by molar-refractivity contribution is 5.52. The third-order valence-electron chi connectivity index (χ3n) is 4.51. The summed E-state index contributed by atoms with van der Waals surface area (Å²) in [7, 11) is 0. The predicted octanol–water partition coefficient (Wildman–Crippen LogP) is 5.98. The zero-order chi connectivity index (χ0) is 15.9. The lowest BCUT2D eigenvalue weighted by Crippen LogP contribution is -2.12. The van der Waals surface area contributed by atoms with Crippen molar-refractivity contribution in [3.8, 4) is 5.75 Å². The molecule has 1 aromatic rings. The van der Waals surface area contributed by atoms with E-state index in [1.165, 1.54) is 31.7 Å². The van der Waals surface area contributed by atoms with E-state index >= 15 is 0 Å². The molecule has 0 radical (unpaired) electrons. The molecule has 0 N–H and O–H groups in total. The number of rotatable bonds is 6. The van der Waals surface area contributed by atoms with Gasteiger partial charge < -0.3 is 4.74 Å². The average molecular weight is 308 g/mol. The first kappa shape index (κ1) is 17.0. The number of benzene rings is 1. The van der Waals surface area contributed by atoms with Crippen LogP contribution in [0.1, 0.15) is 57.9 Å². The second kappa shape index (κ2) is 8.30. The van der Waals surface area contributed by atoms with Crippen molar-refractivity contribution in [2.75, 3.05) is 6.61 Å². The summed E-state index contributed by atoms with van der Waals surface area (Å²) >= 11 is 0. The van der Waals surface area contributed by atoms with Crippen LogP contribution in [0.5, 0.6) is 5.75 Å². The van der Waals surface area contributed by atoms with Crippen molar-refractivity contribution in [1.82, 2.24) is 0 Å². The van der Waals surface area contributed by atoms with E-state index < -0.39 is 11.6 Å². The summed E-state index contributed by atoms with van der Waals surface area (Å²) in [6, 6.07) is 3.09. The zero-order valence-electron chi connectivity index (χ0n) is 13.6. The Bertz CT molecular complexity index is 502. The van der Waals surface area contributed by atoms with Gasteiger partial charge in [0.15, 0.2) is 11.6 Å². The molecule has 2 rings (SSSR count). The Morgan fingerprint density at radius 2 is 1.82 bits per heavy atom. The van der Waals surface area contributed by atoms with Crippen molar-refractivity contribution >= 4 is 6.08 Å². The van der Waals surface area contributed by atoms with Crippen molar-refractivity contribution in [3.05, 3.63) is 35.4 Å². The molecule has 0 aliphatic heterocycles. The van der Waals surface area contributed by atoms with E-state index in [0.29, 0.717) is 18.1 Å². The van der Waals surface area contributed by atoms with Crippen molar-refractivity contribution in [1.29, 1.82) is 0 Å². The molecule has 1 aromatic carbocycles. The molecule has 0 spiro atoms. The van der Waals surface area contributed by atoms with Crippen LogP contribution in [0.15, 0.2) is 18.2 Å². The van der Waals surface area contributed by atoms with Crippen LogP contribution in [0, 0.1) is 23.5 Å². The highest BCUT2D eigenvalue weighted by Gasteiger charge is 2.19. The van der Waals surface area contributed by atoms with Gasteiger partial charge in [0.2, 0.25) is 5.82 Å². The topological polar surface area (TPSA) is 9.23 Å². The van der Waals surface area contributed by atoms with Crippen molar-refractivity contribution in [2.45, 2.75) is 52.4 Å². The number of allylic oxidation sites excluding steroid dienone is 1. The highest BCUT2D eigenvalue weighted by Crippen LogP contribution is 2.33. The lowest BCUT2D eigenvalue weighted by molar-refractivity contribution is 0.294. The molecule has 122 valence electrons. The van der Waals surface area contributed by atoms with Crippen molar-refractivity contribution < 1.29 is 13.5 Å². The molecule has 1 aliphatic carbocycles. The van der Waals surface area contributed by atoms with Crippen LogP contribution in [-0.4, -0.2) is 6.61 Å². The quantitative estimate of drug-likeness (QED) is 0.628. The predicted molar refractivity (Wildman–Crippen MR) is 86.9 cm³/mol. The average Bonchev–Trinajstić information content (AvgIpc) is 2.53. The van der Waals surface area contributed by atoms with Gasteiger partial charge in [-0.2, -0.15) is 4.39 Å². The van der Waals surface area contributed by atoms with Gasteiger partial charge >= 0.3 is 0 Å². The van der Waals surface area contributed by atoms with Crippen LogP contribution in [0.25, 0.3) is 6.08 Å². The Balaban J connectivity index is 1.98. The molecule has 1 aliphatic rings. The summed E-state index contributed by atoms with van der Waals surface area (Å²) in [5.41, 5.74) is 0.302. The standard InChI is InChI=1S/C19H26F2O/c1-3-5-14-6-8-15(9-7-14)10-11-16-12-13-17(22-4-2)19(21)18(16)20/h10-15H,3-9H2,1-2H3/b11-10+/t14-,15-. The molecule has 1 saturated carbocycles. The van der Waals surface area contributed by atoms with E-state index in [9.17, 15) is 8.78 Å². The van der Waals surface area contributed by atoms with Crippen molar-refractivity contribution in [2.24, 2.45) is 11.8 Å². The monoisotopic (exact) mass is 308 g/mol. The van der Waals surface area contributed by atoms with E-state index in [1.807, 2.05) is 6.08 Å². The summed E-state index contributed by atoms with van der Waals surface area (Å²) in [4.78, 5) is 0. The molecular weight excluding hydrogens is 282 g/mol. The second-order valence-electron chi connectivity index (χ2n) is 6.14. The SMILES string of the molecule is CCC[C@H]1CC[C@H](/C=C/c2ccc(OCC)c(F)c2F)CC1. The van der Waals surface area contributed by atoms with Crippen LogP contribution in [0.2, 0.25) is 0 Å². The third kappa shape index (κ3) is 4.31. The summed E-state index contributed by atoms with van der Waals surface area (Å²) in [5, 5.41) is 0. The maximum Gasteiger partial charge on any atom is 0.201 e. The van der Waals surface area contributed by atoms with Gasteiger partial charge in [-0.15, -0.1) is 0 Å². The van der Waals surface area contributed by atoms with Gasteiger partial charge in [0, 0.05) is 5.56 Å². The first-order chi connectivity index (χ1) is 10.7. The van der Waals surface area contributed by atoms with Gasteiger partial charge in [-0.25, -0.2) is 4.39 Å². The fourth-order valence-corrected chi connectivity index (χ4v) is 3.26. The van der Waals surface area contributed by atoms with E-state index in [2.05, 4.69) is 6.92 Å². The molecule has 1 fully saturated rings. The zero-order valence-corrected chi connectivity index (χ0v) is 13.6. The largest absolute Gasteiger partial charge is 0.491 e. The lowest BCUT2D eigenvalue weighted by Gasteiger charge is -2.26. The maximum absolute atomic E-state index is 14.0. The van der Waals surface area contributed by atoms with Gasteiger partial charge in [0.25, 0.3) is 0 Å². The van der Waals surface area contributed by atoms with Gasteiger partial charge in [-0.1, -0.05) is 31.9 Å². The minimum absolute atomic E-state index is 0.0165. The van der Waals surface area contributed by atoms with Crippen molar-refractivity contribution in [3.63, 3.8) is 0 Å². The minimum atomic E-state index is -0.893. The first-order valence-electron chi connectivity index (χ1n) is 8.44. The number of halogens is 2. The number of ether oxygens (including phenoxy) is 1. The molecule has 0 saturated heterocycles. The molecule has 0 aromatic heterocycles. The van der Waals surface area contributed by atoms with Gasteiger partial charge in [-0.05, 0) is 56.6 Å². The Hall–Kier alpha value is -1.38. The van der Waals surface area contributed by atoms with E-state index in [0.717, 1.165) is 18.8 Å². The Kier molecular flexibility index (Phi) is 6.41. The maximum atomic E-state index is 14.0. The lowest BCUT2D eigenvalue weighted by atomic mass is 9.80. The molecule has 3 heteroatoms. The Labute approximate surface area is 132 Å². The summed E-state index contributed by atoms with van der Waals surface area (Å²) in [6.45, 7) is 4.31. The summed E-state index contributed by atoms with van der Waals surface area (Å²) in [5.74, 6) is -0.383. The number of hydrogen-bond donors (Lipinski definition) is 0. The molecule has 0 amide bonds. The van der Waals surface area contributed by atoms with Crippen LogP contribution in [0.3, 0.4) is 0 Å². The van der Waals surface area contributed by atoms with Gasteiger partial charge in [0.1, 0.15) is 0 Å². The molecular formula is C19H26F2O. The van der Waals surface area contributed by atoms with Crippen LogP contribution in [-0.2, 0) is 0 Å². The molecule has 0 bridgehead atoms. The Morgan fingerprint density at radius 1 is 1.09 bits per heavy atom. The number of hydrogen-bond acceptors (Lipinski definition) is 1. The molecule has 0 heterocycles. The van der Waals surface area contributed by atoms with Crippen LogP contribution in [0.4, 0.5) is 8.78 Å². The van der Waals surface area contributed by atoms with Gasteiger partial charge in [0.05, 0.1) is 6.61 Å². The summed E-state index contributed by atoms with van der Waals surface area (Å²) < 4.78 is 32.9. The minimum Gasteiger partial charge on any atom is -0.491 e. The molecule has 1 nitrogen and oxygen atoms in total. The fraction of sp³-hybridized carbons (Fsp3) is 0.579. The van der Waals surface area contributed by atoms with Gasteiger partial charge in [-0.3, -0.25) is 0 Å². The molecule has 0 atom stereocenters. The molecule has 22 heavy (non-hydrogen) atoms. The fourth-order valence-electron chi connectivity index (χ4n) is 3.26. The smallest absolute Gasteiger partial charge is 0.201 e. The first-order valence-corrected chi connectivity index (χ1v) is 8.44. The molecule has 0 unspecified atom stereocenters. The third-order valence-corrected chi connectivity index (χ3v) is 4.51. The normalized spacial score (nSPS) is 22.2. The van der Waals surface area contributed by atoms with Crippen LogP contribution < -0.4 is 4.74 Å². The highest BCUT2D eigenvalue weighted by atomic mass is 19.2.